The van der Waals surface area contributed by atoms with Gasteiger partial charge >= 0.3 is 0 Å². The first kappa shape index (κ1) is 12.4. The first-order chi connectivity index (χ1) is 8.08. The molecule has 0 saturated carbocycles. The predicted molar refractivity (Wildman–Crippen MR) is 65.0 cm³/mol. The summed E-state index contributed by atoms with van der Waals surface area (Å²) in [7, 11) is 4.14. The predicted octanol–water partition coefficient (Wildman–Crippen LogP) is 0.466. The Morgan fingerprint density at radius 3 is 2.88 bits per heavy atom. The topological polar surface area (TPSA) is 45.4 Å². The van der Waals surface area contributed by atoms with Gasteiger partial charge in [0, 0.05) is 37.9 Å². The van der Waals surface area contributed by atoms with Gasteiger partial charge in [-0.1, -0.05) is 0 Å². The third-order valence-corrected chi connectivity index (χ3v) is 3.42. The summed E-state index contributed by atoms with van der Waals surface area (Å²) in [6, 6.07) is 1.48. The lowest BCUT2D eigenvalue weighted by atomic mass is 9.98. The van der Waals surface area contributed by atoms with Crippen LogP contribution < -0.4 is 5.73 Å². The average Bonchev–Trinajstić information content (AvgIpc) is 2.31. The minimum Gasteiger partial charge on any atom is -0.323 e. The molecule has 2 N–H and O–H groups in total. The number of nitrogens with two attached hydrogens (primary N) is 1. The molecule has 1 aliphatic rings. The Hall–Kier alpha value is -1.04. The van der Waals surface area contributed by atoms with Crippen molar-refractivity contribution in [1.82, 2.24) is 14.8 Å². The van der Waals surface area contributed by atoms with E-state index in [4.69, 9.17) is 5.73 Å². The van der Waals surface area contributed by atoms with E-state index in [1.165, 1.54) is 12.3 Å². The lowest BCUT2D eigenvalue weighted by Gasteiger charge is -2.40. The van der Waals surface area contributed by atoms with Crippen LogP contribution in [0.1, 0.15) is 11.6 Å². The molecule has 1 aliphatic heterocycles. The van der Waals surface area contributed by atoms with Crippen molar-refractivity contribution in [3.8, 4) is 0 Å². The highest BCUT2D eigenvalue weighted by Gasteiger charge is 2.28. The molecule has 0 aliphatic carbocycles. The summed E-state index contributed by atoms with van der Waals surface area (Å²) < 4.78 is 13.1. The summed E-state index contributed by atoms with van der Waals surface area (Å²) in [5.41, 5.74) is 6.98. The highest BCUT2D eigenvalue weighted by Crippen LogP contribution is 2.20. The van der Waals surface area contributed by atoms with E-state index in [0.29, 0.717) is 0 Å². The van der Waals surface area contributed by atoms with Crippen molar-refractivity contribution in [3.63, 3.8) is 0 Å². The number of nitrogens with zero attached hydrogens (tertiary/aromatic N) is 3. The van der Waals surface area contributed by atoms with E-state index in [1.807, 2.05) is 0 Å². The zero-order chi connectivity index (χ0) is 12.4. The van der Waals surface area contributed by atoms with E-state index < -0.39 is 0 Å². The Kier molecular flexibility index (Phi) is 3.71. The van der Waals surface area contributed by atoms with Crippen LogP contribution in [-0.2, 0) is 0 Å². The van der Waals surface area contributed by atoms with Crippen LogP contribution in [0.25, 0.3) is 0 Å². The molecule has 1 aromatic rings. The highest BCUT2D eigenvalue weighted by molar-refractivity contribution is 5.17. The molecular weight excluding hydrogens is 219 g/mol. The second kappa shape index (κ2) is 5.08. The van der Waals surface area contributed by atoms with Gasteiger partial charge in [-0.05, 0) is 25.7 Å². The van der Waals surface area contributed by atoms with E-state index in [9.17, 15) is 4.39 Å². The van der Waals surface area contributed by atoms with Gasteiger partial charge in [-0.15, -0.1) is 0 Å². The van der Waals surface area contributed by atoms with Gasteiger partial charge in [-0.2, -0.15) is 0 Å². The Bertz CT molecular complexity index is 385. The Morgan fingerprint density at radius 1 is 1.41 bits per heavy atom. The molecule has 1 aromatic heterocycles. The van der Waals surface area contributed by atoms with Crippen LogP contribution >= 0.6 is 0 Å². The molecule has 94 valence electrons. The minimum absolute atomic E-state index is 0.203. The van der Waals surface area contributed by atoms with Crippen molar-refractivity contribution in [1.29, 1.82) is 0 Å². The molecule has 2 unspecified atom stereocenters. The summed E-state index contributed by atoms with van der Waals surface area (Å²) in [4.78, 5) is 8.34. The van der Waals surface area contributed by atoms with E-state index in [1.54, 1.807) is 6.20 Å². The first-order valence-electron chi connectivity index (χ1n) is 5.82. The maximum absolute atomic E-state index is 13.1. The van der Waals surface area contributed by atoms with Gasteiger partial charge in [0.15, 0.2) is 0 Å². The Morgan fingerprint density at radius 2 is 2.18 bits per heavy atom. The number of piperazine rings is 1. The van der Waals surface area contributed by atoms with Crippen molar-refractivity contribution >= 4 is 0 Å². The van der Waals surface area contributed by atoms with Crippen molar-refractivity contribution in [2.24, 2.45) is 5.73 Å². The fourth-order valence-corrected chi connectivity index (χ4v) is 2.26. The minimum atomic E-state index is -0.329. The average molecular weight is 238 g/mol. The zero-order valence-electron chi connectivity index (χ0n) is 10.3. The molecule has 0 radical (unpaired) electrons. The Balaban J connectivity index is 2.15. The molecule has 2 atom stereocenters. The molecule has 2 rings (SSSR count). The van der Waals surface area contributed by atoms with Gasteiger partial charge in [-0.25, -0.2) is 4.39 Å². The lowest BCUT2D eigenvalue weighted by Crippen LogP contribution is -2.54. The second-order valence-corrected chi connectivity index (χ2v) is 4.77. The summed E-state index contributed by atoms with van der Waals surface area (Å²) in [6.07, 6.45) is 2.85. The summed E-state index contributed by atoms with van der Waals surface area (Å²) >= 11 is 0. The highest BCUT2D eigenvalue weighted by atomic mass is 19.1. The number of rotatable bonds is 2. The van der Waals surface area contributed by atoms with Crippen LogP contribution in [0, 0.1) is 5.82 Å². The van der Waals surface area contributed by atoms with Crippen LogP contribution in [-0.4, -0.2) is 54.6 Å². The van der Waals surface area contributed by atoms with E-state index in [0.717, 1.165) is 25.2 Å². The van der Waals surface area contributed by atoms with Crippen LogP contribution in [0.15, 0.2) is 18.5 Å². The standard InChI is InChI=1S/C12H19FN4/c1-16-3-4-17(2)11(8-16)12(14)9-5-10(13)7-15-6-9/h5-7,11-12H,3-4,8,14H2,1-2H3. The molecular formula is C12H19FN4. The van der Waals surface area contributed by atoms with Crippen molar-refractivity contribution in [2.75, 3.05) is 33.7 Å². The van der Waals surface area contributed by atoms with E-state index in [-0.39, 0.29) is 17.9 Å². The van der Waals surface area contributed by atoms with E-state index >= 15 is 0 Å². The molecule has 0 bridgehead atoms. The van der Waals surface area contributed by atoms with Gasteiger partial charge in [0.2, 0.25) is 0 Å². The van der Waals surface area contributed by atoms with Crippen LogP contribution in [0.2, 0.25) is 0 Å². The smallest absolute Gasteiger partial charge is 0.141 e. The maximum atomic E-state index is 13.1. The zero-order valence-corrected chi connectivity index (χ0v) is 10.3. The number of pyridine rings is 1. The van der Waals surface area contributed by atoms with Crippen molar-refractivity contribution < 1.29 is 4.39 Å². The van der Waals surface area contributed by atoms with Crippen LogP contribution in [0.4, 0.5) is 4.39 Å². The number of likely N-dealkylation sites (N-methyl/N-ethyl adjacent to an activating group) is 2. The van der Waals surface area contributed by atoms with Crippen LogP contribution in [0.3, 0.4) is 0 Å². The molecule has 4 nitrogen and oxygen atoms in total. The second-order valence-electron chi connectivity index (χ2n) is 4.77. The van der Waals surface area contributed by atoms with Crippen molar-refractivity contribution in [3.05, 3.63) is 29.8 Å². The quantitative estimate of drug-likeness (QED) is 0.813. The molecule has 17 heavy (non-hydrogen) atoms. The molecule has 1 fully saturated rings. The third-order valence-electron chi connectivity index (χ3n) is 3.42. The van der Waals surface area contributed by atoms with Gasteiger partial charge in [-0.3, -0.25) is 9.88 Å². The van der Waals surface area contributed by atoms with E-state index in [2.05, 4.69) is 28.9 Å². The maximum Gasteiger partial charge on any atom is 0.141 e. The molecule has 1 saturated heterocycles. The Labute approximate surface area is 101 Å². The fraction of sp³-hybridized carbons (Fsp3) is 0.583. The number of halogens is 1. The molecule has 2 heterocycles. The first-order valence-corrected chi connectivity index (χ1v) is 5.82. The third kappa shape index (κ3) is 2.80. The largest absolute Gasteiger partial charge is 0.323 e. The van der Waals surface area contributed by atoms with Crippen molar-refractivity contribution in [2.45, 2.75) is 12.1 Å². The number of hydrogen-bond acceptors (Lipinski definition) is 4. The summed E-state index contributed by atoms with van der Waals surface area (Å²) in [5, 5.41) is 0. The van der Waals surface area contributed by atoms with Crippen LogP contribution in [0.5, 0.6) is 0 Å². The molecule has 0 amide bonds. The van der Waals surface area contributed by atoms with Gasteiger partial charge in [0.25, 0.3) is 0 Å². The van der Waals surface area contributed by atoms with Gasteiger partial charge < -0.3 is 10.6 Å². The monoisotopic (exact) mass is 238 g/mol. The lowest BCUT2D eigenvalue weighted by molar-refractivity contribution is 0.0972. The SMILES string of the molecule is CN1CCN(C)C(C(N)c2cncc(F)c2)C1. The fourth-order valence-electron chi connectivity index (χ4n) is 2.26. The summed E-state index contributed by atoms with van der Waals surface area (Å²) in [5.74, 6) is -0.329. The number of hydrogen-bond donors (Lipinski definition) is 1. The van der Waals surface area contributed by atoms with Gasteiger partial charge in [0.1, 0.15) is 5.82 Å². The molecule has 0 aromatic carbocycles. The number of aromatic nitrogens is 1. The summed E-state index contributed by atoms with van der Waals surface area (Å²) in [6.45, 7) is 2.92. The molecule has 0 spiro atoms. The van der Waals surface area contributed by atoms with Gasteiger partial charge in [0.05, 0.1) is 6.20 Å². The normalized spacial score (nSPS) is 24.8. The molecule has 5 heteroatoms.